The second-order valence-corrected chi connectivity index (χ2v) is 8.42. The zero-order valence-electron chi connectivity index (χ0n) is 18.7. The van der Waals surface area contributed by atoms with Crippen LogP contribution in [0.3, 0.4) is 0 Å². The van der Waals surface area contributed by atoms with Crippen LogP contribution in [0.15, 0.2) is 67.3 Å². The van der Waals surface area contributed by atoms with Crippen molar-refractivity contribution in [3.8, 4) is 23.0 Å². The van der Waals surface area contributed by atoms with E-state index in [2.05, 4.69) is 32.0 Å². The van der Waals surface area contributed by atoms with E-state index in [1.54, 1.807) is 24.5 Å². The standard InChI is InChI=1S/C27H18ClF2N5O/c28-35-25(9-17-7-20(29)11-21(30)8-17)26-23(18-2-3-19-14-33-27(36)24(19)10-18)6-5-22(34-26)4-1-16-12-31-15-32-13-16/h2-3,5-8,10-13,15,25,35H,9,14H2,(H,33,36)/t25-/m0/s1. The van der Waals surface area contributed by atoms with E-state index in [1.165, 1.54) is 18.5 Å². The van der Waals surface area contributed by atoms with Gasteiger partial charge in [0.2, 0.25) is 0 Å². The number of nitrogens with zero attached hydrogens (tertiary/aromatic N) is 3. The maximum atomic E-state index is 13.8. The second kappa shape index (κ2) is 10.2. The van der Waals surface area contributed by atoms with Crippen LogP contribution in [-0.2, 0) is 13.0 Å². The van der Waals surface area contributed by atoms with Crippen LogP contribution in [0.1, 0.15) is 44.5 Å². The van der Waals surface area contributed by atoms with Crippen LogP contribution in [0.2, 0.25) is 0 Å². The number of carbonyl (C=O) groups is 1. The van der Waals surface area contributed by atoms with Crippen molar-refractivity contribution in [2.75, 3.05) is 0 Å². The first-order valence-electron chi connectivity index (χ1n) is 11.0. The summed E-state index contributed by atoms with van der Waals surface area (Å²) in [5.74, 6) is 4.46. The van der Waals surface area contributed by atoms with E-state index in [-0.39, 0.29) is 12.3 Å². The van der Waals surface area contributed by atoms with Gasteiger partial charge in [0.05, 0.1) is 17.3 Å². The summed E-state index contributed by atoms with van der Waals surface area (Å²) < 4.78 is 27.7. The molecule has 0 saturated carbocycles. The van der Waals surface area contributed by atoms with Crippen molar-refractivity contribution >= 4 is 17.7 Å². The molecule has 0 bridgehead atoms. The number of hydrogen-bond acceptors (Lipinski definition) is 5. The summed E-state index contributed by atoms with van der Waals surface area (Å²) in [6.07, 6.45) is 4.76. The number of fused-ring (bicyclic) bond motifs is 1. The number of pyridine rings is 1. The highest BCUT2D eigenvalue weighted by molar-refractivity contribution is 6.13. The summed E-state index contributed by atoms with van der Waals surface area (Å²) in [6.45, 7) is 0.480. The van der Waals surface area contributed by atoms with Crippen molar-refractivity contribution < 1.29 is 13.6 Å². The van der Waals surface area contributed by atoms with Gasteiger partial charge in [-0.3, -0.25) is 4.79 Å². The molecule has 36 heavy (non-hydrogen) atoms. The van der Waals surface area contributed by atoms with Crippen molar-refractivity contribution in [3.05, 3.63) is 113 Å². The van der Waals surface area contributed by atoms with Crippen molar-refractivity contribution in [1.82, 2.24) is 25.1 Å². The normalized spacial score (nSPS) is 12.9. The van der Waals surface area contributed by atoms with Crippen LogP contribution in [-0.4, -0.2) is 20.9 Å². The minimum absolute atomic E-state index is 0.142. The van der Waals surface area contributed by atoms with Crippen molar-refractivity contribution in [2.45, 2.75) is 19.0 Å². The maximum absolute atomic E-state index is 13.8. The molecular weight excluding hydrogens is 484 g/mol. The van der Waals surface area contributed by atoms with E-state index < -0.39 is 17.7 Å². The smallest absolute Gasteiger partial charge is 0.251 e. The molecule has 0 unspecified atom stereocenters. The second-order valence-electron chi connectivity index (χ2n) is 8.20. The van der Waals surface area contributed by atoms with E-state index in [9.17, 15) is 13.6 Å². The van der Waals surface area contributed by atoms with E-state index in [0.29, 0.717) is 40.2 Å². The first-order valence-corrected chi connectivity index (χ1v) is 11.4. The zero-order chi connectivity index (χ0) is 25.1. The molecule has 9 heteroatoms. The quantitative estimate of drug-likeness (QED) is 0.311. The first kappa shape index (κ1) is 23.5. The largest absolute Gasteiger partial charge is 0.348 e. The number of benzene rings is 2. The Bertz CT molecular complexity index is 1500. The van der Waals surface area contributed by atoms with Gasteiger partial charge in [0.1, 0.15) is 23.7 Å². The number of hydrogen-bond donors (Lipinski definition) is 2. The fourth-order valence-corrected chi connectivity index (χ4v) is 4.27. The maximum Gasteiger partial charge on any atom is 0.251 e. The molecule has 0 radical (unpaired) electrons. The van der Waals surface area contributed by atoms with Crippen LogP contribution >= 0.6 is 11.8 Å². The van der Waals surface area contributed by atoms with Gasteiger partial charge in [0, 0.05) is 36.1 Å². The number of aromatic nitrogens is 3. The molecule has 1 atom stereocenters. The fourth-order valence-electron chi connectivity index (χ4n) is 4.09. The van der Waals surface area contributed by atoms with Gasteiger partial charge in [0.15, 0.2) is 0 Å². The van der Waals surface area contributed by atoms with Gasteiger partial charge < -0.3 is 5.32 Å². The number of halogens is 3. The Kier molecular flexibility index (Phi) is 6.67. The third kappa shape index (κ3) is 5.08. The average molecular weight is 502 g/mol. The Morgan fingerprint density at radius 1 is 1.00 bits per heavy atom. The summed E-state index contributed by atoms with van der Waals surface area (Å²) in [5, 5.41) is 2.81. The minimum atomic E-state index is -0.680. The van der Waals surface area contributed by atoms with E-state index in [1.807, 2.05) is 18.2 Å². The Hall–Kier alpha value is -4.19. The topological polar surface area (TPSA) is 79.8 Å². The molecule has 4 aromatic rings. The first-order chi connectivity index (χ1) is 17.5. The Labute approximate surface area is 210 Å². The third-order valence-electron chi connectivity index (χ3n) is 5.75. The highest BCUT2D eigenvalue weighted by Gasteiger charge is 2.23. The van der Waals surface area contributed by atoms with Gasteiger partial charge in [-0.05, 0) is 71.1 Å². The molecule has 2 aromatic heterocycles. The molecule has 0 spiro atoms. The van der Waals surface area contributed by atoms with Crippen molar-refractivity contribution in [2.24, 2.45) is 0 Å². The van der Waals surface area contributed by atoms with Gasteiger partial charge in [-0.25, -0.2) is 28.6 Å². The summed E-state index contributed by atoms with van der Waals surface area (Å²) >= 11 is 6.14. The van der Waals surface area contributed by atoms with E-state index in [4.69, 9.17) is 16.8 Å². The summed E-state index contributed by atoms with van der Waals surface area (Å²) in [6, 6.07) is 11.9. The lowest BCUT2D eigenvalue weighted by Crippen LogP contribution is -2.18. The lowest BCUT2D eigenvalue weighted by molar-refractivity contribution is 0.0965. The highest BCUT2D eigenvalue weighted by atomic mass is 35.5. The van der Waals surface area contributed by atoms with Gasteiger partial charge >= 0.3 is 0 Å². The van der Waals surface area contributed by atoms with E-state index >= 15 is 0 Å². The Morgan fingerprint density at radius 3 is 2.53 bits per heavy atom. The van der Waals surface area contributed by atoms with Gasteiger partial charge in [-0.15, -0.1) is 0 Å². The Balaban J connectivity index is 1.59. The molecule has 3 heterocycles. The molecule has 1 amide bonds. The lowest BCUT2D eigenvalue weighted by Gasteiger charge is -2.19. The Morgan fingerprint density at radius 2 is 1.78 bits per heavy atom. The fraction of sp³-hybridized carbons (Fsp3) is 0.111. The molecule has 0 aliphatic carbocycles. The molecule has 2 aromatic carbocycles. The molecule has 1 aliphatic rings. The van der Waals surface area contributed by atoms with Crippen LogP contribution in [0, 0.1) is 23.5 Å². The summed E-state index contributed by atoms with van der Waals surface area (Å²) in [5.41, 5.74) is 4.97. The van der Waals surface area contributed by atoms with E-state index in [0.717, 1.165) is 17.2 Å². The number of rotatable bonds is 5. The number of nitrogens with one attached hydrogen (secondary N) is 2. The lowest BCUT2D eigenvalue weighted by atomic mass is 9.94. The third-order valence-corrected chi connectivity index (χ3v) is 6.01. The van der Waals surface area contributed by atoms with Gasteiger partial charge in [-0.2, -0.15) is 0 Å². The molecule has 0 fully saturated rings. The van der Waals surface area contributed by atoms with Crippen molar-refractivity contribution in [1.29, 1.82) is 0 Å². The molecular formula is C27H18ClF2N5O. The predicted molar refractivity (Wildman–Crippen MR) is 131 cm³/mol. The number of amides is 1. The zero-order valence-corrected chi connectivity index (χ0v) is 19.5. The molecule has 0 saturated heterocycles. The molecule has 1 aliphatic heterocycles. The van der Waals surface area contributed by atoms with Crippen molar-refractivity contribution in [3.63, 3.8) is 0 Å². The predicted octanol–water partition coefficient (Wildman–Crippen LogP) is 4.49. The van der Waals surface area contributed by atoms with Gasteiger partial charge in [-0.1, -0.05) is 18.1 Å². The molecule has 5 rings (SSSR count). The summed E-state index contributed by atoms with van der Waals surface area (Å²) in [7, 11) is 0. The van der Waals surface area contributed by atoms with Crippen LogP contribution < -0.4 is 10.2 Å². The highest BCUT2D eigenvalue weighted by Crippen LogP contribution is 2.32. The van der Waals surface area contributed by atoms with Crippen LogP contribution in [0.4, 0.5) is 8.78 Å². The average Bonchev–Trinajstić information content (AvgIpc) is 3.26. The molecule has 2 N–H and O–H groups in total. The van der Waals surface area contributed by atoms with Gasteiger partial charge in [0.25, 0.3) is 5.91 Å². The van der Waals surface area contributed by atoms with Crippen LogP contribution in [0.25, 0.3) is 11.1 Å². The SMILES string of the molecule is O=C1NCc2ccc(-c3ccc(C#Cc4cncnc4)nc3[C@H](Cc3cc(F)cc(F)c3)NCl)cc21. The molecule has 6 nitrogen and oxygen atoms in total. The summed E-state index contributed by atoms with van der Waals surface area (Å²) in [4.78, 5) is 27.6. The molecule has 178 valence electrons. The van der Waals surface area contributed by atoms with Crippen LogP contribution in [0.5, 0.6) is 0 Å². The monoisotopic (exact) mass is 501 g/mol. The minimum Gasteiger partial charge on any atom is -0.348 e. The number of carbonyl (C=O) groups excluding carboxylic acids is 1.